The number of hydrogen-bond acceptors (Lipinski definition) is 2. The lowest BCUT2D eigenvalue weighted by Crippen LogP contribution is -2.14. The van der Waals surface area contributed by atoms with Crippen LogP contribution in [0, 0.1) is 22.1 Å². The molecule has 0 saturated heterocycles. The molecule has 0 fully saturated rings. The summed E-state index contributed by atoms with van der Waals surface area (Å²) in [6.45, 7) is 1.67. The maximum atomic E-state index is 13.4. The number of benzene rings is 1. The molecule has 1 heterocycles. The van der Waals surface area contributed by atoms with E-state index in [0.29, 0.717) is 14.8 Å². The zero-order valence-corrected chi connectivity index (χ0v) is 12.8. The van der Waals surface area contributed by atoms with Gasteiger partial charge < -0.3 is 4.98 Å². The third kappa shape index (κ3) is 2.33. The minimum absolute atomic E-state index is 0.0636. The average Bonchev–Trinajstić information content (AvgIpc) is 2.33. The number of H-pyrrole nitrogens is 1. The molecule has 1 aromatic carbocycles. The van der Waals surface area contributed by atoms with E-state index in [1.807, 2.05) is 22.6 Å². The van der Waals surface area contributed by atoms with Crippen LogP contribution >= 0.6 is 38.5 Å². The highest BCUT2D eigenvalue weighted by Crippen LogP contribution is 2.29. The summed E-state index contributed by atoms with van der Waals surface area (Å²) in [6.07, 6.45) is 0. The lowest BCUT2D eigenvalue weighted by atomic mass is 10.2. The molecule has 0 unspecified atom stereocenters. The van der Waals surface area contributed by atoms with Crippen LogP contribution in [-0.2, 0) is 0 Å². The summed E-state index contributed by atoms with van der Waals surface area (Å²) in [6, 6.07) is 2.34. The van der Waals surface area contributed by atoms with Crippen molar-refractivity contribution in [3.63, 3.8) is 0 Å². The molecule has 0 aliphatic heterocycles. The van der Waals surface area contributed by atoms with Crippen molar-refractivity contribution in [3.05, 3.63) is 47.9 Å². The van der Waals surface area contributed by atoms with E-state index in [-0.39, 0.29) is 15.9 Å². The molecule has 0 radical (unpaired) electrons. The Bertz CT molecular complexity index is 687. The van der Waals surface area contributed by atoms with Gasteiger partial charge in [0.05, 0.1) is 13.7 Å². The molecule has 3 nitrogen and oxygen atoms in total. The largest absolute Gasteiger partial charge is 0.306 e. The first-order chi connectivity index (χ1) is 8.41. The molecule has 0 saturated carbocycles. The van der Waals surface area contributed by atoms with Gasteiger partial charge in [-0.1, -0.05) is 0 Å². The van der Waals surface area contributed by atoms with E-state index in [1.165, 1.54) is 6.07 Å². The van der Waals surface area contributed by atoms with Crippen molar-refractivity contribution in [2.24, 2.45) is 0 Å². The molecule has 2 rings (SSSR count). The van der Waals surface area contributed by atoms with Crippen molar-refractivity contribution in [2.75, 3.05) is 0 Å². The second-order valence-corrected chi connectivity index (χ2v) is 5.41. The highest BCUT2D eigenvalue weighted by molar-refractivity contribution is 14.1. The third-order valence-electron chi connectivity index (χ3n) is 2.32. The van der Waals surface area contributed by atoms with Crippen molar-refractivity contribution in [1.29, 1.82) is 0 Å². The van der Waals surface area contributed by atoms with Gasteiger partial charge in [-0.05, 0) is 57.6 Å². The molecule has 7 heteroatoms. The van der Waals surface area contributed by atoms with Gasteiger partial charge in [0.15, 0.2) is 11.6 Å². The van der Waals surface area contributed by atoms with E-state index < -0.39 is 11.6 Å². The van der Waals surface area contributed by atoms with Crippen LogP contribution in [0.1, 0.15) is 5.69 Å². The molecule has 94 valence electrons. The smallest absolute Gasteiger partial charge is 0.264 e. The van der Waals surface area contributed by atoms with E-state index in [2.05, 4.69) is 25.9 Å². The van der Waals surface area contributed by atoms with Crippen LogP contribution in [0.4, 0.5) is 8.78 Å². The van der Waals surface area contributed by atoms with Gasteiger partial charge in [0.1, 0.15) is 5.82 Å². The van der Waals surface area contributed by atoms with Gasteiger partial charge in [-0.3, -0.25) is 4.79 Å². The van der Waals surface area contributed by atoms with Crippen LogP contribution in [0.5, 0.6) is 0 Å². The Hall–Kier alpha value is -0.830. The quantitative estimate of drug-likeness (QED) is 0.561. The highest BCUT2D eigenvalue weighted by Gasteiger charge is 2.15. The Kier molecular flexibility index (Phi) is 3.81. The maximum Gasteiger partial charge on any atom is 0.264 e. The minimum Gasteiger partial charge on any atom is -0.306 e. The second-order valence-electron chi connectivity index (χ2n) is 3.54. The van der Waals surface area contributed by atoms with Gasteiger partial charge in [0, 0.05) is 5.56 Å². The number of nitrogens with zero attached hydrogens (tertiary/aromatic N) is 1. The topological polar surface area (TPSA) is 45.8 Å². The lowest BCUT2D eigenvalue weighted by Gasteiger charge is -2.07. The van der Waals surface area contributed by atoms with Crippen LogP contribution in [0.25, 0.3) is 11.4 Å². The van der Waals surface area contributed by atoms with Crippen LogP contribution < -0.4 is 5.56 Å². The van der Waals surface area contributed by atoms with Crippen molar-refractivity contribution in [2.45, 2.75) is 6.92 Å². The molecular weight excluding hydrogens is 421 g/mol. The second kappa shape index (κ2) is 5.04. The van der Waals surface area contributed by atoms with E-state index >= 15 is 0 Å². The highest BCUT2D eigenvalue weighted by atomic mass is 127. The molecule has 0 amide bonds. The fourth-order valence-electron chi connectivity index (χ4n) is 1.41. The van der Waals surface area contributed by atoms with Crippen molar-refractivity contribution in [3.8, 4) is 11.4 Å². The SMILES string of the molecule is Cc1nc(-c2ccc(F)c(F)c2Br)[nH]c(=O)c1I. The number of hydrogen-bond donors (Lipinski definition) is 1. The van der Waals surface area contributed by atoms with E-state index in [0.717, 1.165) is 6.07 Å². The van der Waals surface area contributed by atoms with Gasteiger partial charge in [0.2, 0.25) is 0 Å². The monoisotopic (exact) mass is 426 g/mol. The summed E-state index contributed by atoms with van der Waals surface area (Å²) in [7, 11) is 0. The molecule has 1 N–H and O–H groups in total. The Morgan fingerprint density at radius 2 is 2.06 bits per heavy atom. The molecule has 0 bridgehead atoms. The van der Waals surface area contributed by atoms with Gasteiger partial charge in [0.25, 0.3) is 5.56 Å². The number of aromatic amines is 1. The zero-order valence-electron chi connectivity index (χ0n) is 9.02. The number of rotatable bonds is 1. The first-order valence-electron chi connectivity index (χ1n) is 4.82. The predicted octanol–water partition coefficient (Wildman–Crippen LogP) is 3.39. The molecule has 2 aromatic rings. The van der Waals surface area contributed by atoms with Crippen molar-refractivity contribution >= 4 is 38.5 Å². The normalized spacial score (nSPS) is 10.7. The minimum atomic E-state index is -1.01. The van der Waals surface area contributed by atoms with Gasteiger partial charge in [-0.25, -0.2) is 13.8 Å². The van der Waals surface area contributed by atoms with Crippen molar-refractivity contribution < 1.29 is 8.78 Å². The van der Waals surface area contributed by atoms with Crippen LogP contribution in [0.2, 0.25) is 0 Å². The van der Waals surface area contributed by atoms with Crippen LogP contribution in [-0.4, -0.2) is 9.97 Å². The summed E-state index contributed by atoms with van der Waals surface area (Å²) in [5.74, 6) is -1.77. The zero-order chi connectivity index (χ0) is 13.4. The molecule has 0 aliphatic carbocycles. The summed E-state index contributed by atoms with van der Waals surface area (Å²) in [5, 5.41) is 0. The standard InChI is InChI=1S/C11H6BrF2IN2O/c1-4-9(15)11(18)17-10(16-4)5-2-3-6(13)8(14)7(5)12/h2-3H,1H3,(H,16,17,18). The Morgan fingerprint density at radius 3 is 2.67 bits per heavy atom. The molecule has 1 aromatic heterocycles. The lowest BCUT2D eigenvalue weighted by molar-refractivity contribution is 0.504. The average molecular weight is 427 g/mol. The van der Waals surface area contributed by atoms with E-state index in [1.54, 1.807) is 6.92 Å². The maximum absolute atomic E-state index is 13.4. The first kappa shape index (κ1) is 13.6. The summed E-state index contributed by atoms with van der Waals surface area (Å²) in [4.78, 5) is 18.3. The molecule has 0 atom stereocenters. The molecule has 0 spiro atoms. The molecule has 0 aliphatic rings. The van der Waals surface area contributed by atoms with Gasteiger partial charge in [-0.15, -0.1) is 0 Å². The Balaban J connectivity index is 2.70. The summed E-state index contributed by atoms with van der Waals surface area (Å²) in [5.41, 5.74) is 0.520. The predicted molar refractivity (Wildman–Crippen MR) is 75.4 cm³/mol. The van der Waals surface area contributed by atoms with Gasteiger partial charge >= 0.3 is 0 Å². The number of aryl methyl sites for hydroxylation is 1. The van der Waals surface area contributed by atoms with E-state index in [9.17, 15) is 13.6 Å². The number of nitrogens with one attached hydrogen (secondary N) is 1. The Morgan fingerprint density at radius 1 is 1.39 bits per heavy atom. The van der Waals surface area contributed by atoms with Crippen molar-refractivity contribution in [1.82, 2.24) is 9.97 Å². The van der Waals surface area contributed by atoms with E-state index in [4.69, 9.17) is 0 Å². The number of aromatic nitrogens is 2. The third-order valence-corrected chi connectivity index (χ3v) is 4.36. The number of halogens is 4. The fraction of sp³-hybridized carbons (Fsp3) is 0.0909. The molecular formula is C11H6BrF2IN2O. The Labute approximate surface area is 123 Å². The van der Waals surface area contributed by atoms with Gasteiger partial charge in [-0.2, -0.15) is 0 Å². The molecule has 18 heavy (non-hydrogen) atoms. The van der Waals surface area contributed by atoms with Crippen LogP contribution in [0.15, 0.2) is 21.4 Å². The summed E-state index contributed by atoms with van der Waals surface area (Å²) < 4.78 is 26.8. The fourth-order valence-corrected chi connectivity index (χ4v) is 2.17. The van der Waals surface area contributed by atoms with Crippen LogP contribution in [0.3, 0.4) is 0 Å². The summed E-state index contributed by atoms with van der Waals surface area (Å²) >= 11 is 4.83. The first-order valence-corrected chi connectivity index (χ1v) is 6.69.